The molecule has 0 heterocycles. The summed E-state index contributed by atoms with van der Waals surface area (Å²) >= 11 is 0. The molecule has 0 saturated carbocycles. The highest BCUT2D eigenvalue weighted by atomic mass is 16.5. The molecule has 0 aromatic heterocycles. The Bertz CT molecular complexity index is 256. The SMILES string of the molecule is C=C(C)/C=C/[C@@H](CCCO)[C@H](C)C(=O)OC. The maximum absolute atomic E-state index is 11.4. The molecule has 3 heteroatoms. The first-order valence-electron chi connectivity index (χ1n) is 5.55. The first kappa shape index (κ1) is 14.9. The second-order valence-electron chi connectivity index (χ2n) is 4.05. The Labute approximate surface area is 97.8 Å². The summed E-state index contributed by atoms with van der Waals surface area (Å²) in [6.07, 6.45) is 5.34. The molecule has 1 N–H and O–H groups in total. The van der Waals surface area contributed by atoms with Crippen LogP contribution in [0.1, 0.15) is 26.7 Å². The third-order valence-electron chi connectivity index (χ3n) is 2.54. The molecule has 0 aliphatic carbocycles. The average molecular weight is 226 g/mol. The van der Waals surface area contributed by atoms with E-state index in [4.69, 9.17) is 9.84 Å². The minimum absolute atomic E-state index is 0.0938. The second-order valence-corrected chi connectivity index (χ2v) is 4.05. The monoisotopic (exact) mass is 226 g/mol. The van der Waals surface area contributed by atoms with Gasteiger partial charge < -0.3 is 9.84 Å². The molecular weight excluding hydrogens is 204 g/mol. The Morgan fingerprint density at radius 1 is 1.56 bits per heavy atom. The van der Waals surface area contributed by atoms with Crippen molar-refractivity contribution < 1.29 is 14.6 Å². The number of aliphatic hydroxyl groups excluding tert-OH is 1. The van der Waals surface area contributed by atoms with Gasteiger partial charge in [-0.3, -0.25) is 4.79 Å². The predicted molar refractivity (Wildman–Crippen MR) is 64.9 cm³/mol. The highest BCUT2D eigenvalue weighted by Crippen LogP contribution is 2.21. The number of carbonyl (C=O) groups excluding carboxylic acids is 1. The highest BCUT2D eigenvalue weighted by Gasteiger charge is 2.21. The first-order chi connectivity index (χ1) is 7.52. The maximum Gasteiger partial charge on any atom is 0.308 e. The third kappa shape index (κ3) is 5.71. The Kier molecular flexibility index (Phi) is 7.56. The molecule has 0 spiro atoms. The molecule has 0 aliphatic heterocycles. The number of rotatable bonds is 7. The number of methoxy groups -OCH3 is 1. The van der Waals surface area contributed by atoms with Crippen LogP contribution in [0.4, 0.5) is 0 Å². The Morgan fingerprint density at radius 3 is 2.62 bits per heavy atom. The van der Waals surface area contributed by atoms with Crippen LogP contribution in [0.3, 0.4) is 0 Å². The van der Waals surface area contributed by atoms with Gasteiger partial charge in [-0.15, -0.1) is 0 Å². The summed E-state index contributed by atoms with van der Waals surface area (Å²) in [7, 11) is 1.39. The van der Waals surface area contributed by atoms with Gasteiger partial charge in [0.15, 0.2) is 0 Å². The quantitative estimate of drug-likeness (QED) is 0.535. The maximum atomic E-state index is 11.4. The fourth-order valence-corrected chi connectivity index (χ4v) is 1.49. The fourth-order valence-electron chi connectivity index (χ4n) is 1.49. The minimum Gasteiger partial charge on any atom is -0.469 e. The molecule has 0 aromatic rings. The number of esters is 1. The molecule has 0 rings (SSSR count). The van der Waals surface area contributed by atoms with Gasteiger partial charge in [-0.25, -0.2) is 0 Å². The lowest BCUT2D eigenvalue weighted by Gasteiger charge is -2.18. The van der Waals surface area contributed by atoms with Gasteiger partial charge in [0.2, 0.25) is 0 Å². The van der Waals surface area contributed by atoms with Crippen molar-refractivity contribution in [3.63, 3.8) is 0 Å². The van der Waals surface area contributed by atoms with Crippen LogP contribution >= 0.6 is 0 Å². The van der Waals surface area contributed by atoms with Crippen LogP contribution in [0.5, 0.6) is 0 Å². The number of hydrogen-bond acceptors (Lipinski definition) is 3. The summed E-state index contributed by atoms with van der Waals surface area (Å²) in [4.78, 5) is 11.4. The molecule has 0 saturated heterocycles. The number of ether oxygens (including phenoxy) is 1. The summed E-state index contributed by atoms with van der Waals surface area (Å²) in [6, 6.07) is 0. The highest BCUT2D eigenvalue weighted by molar-refractivity contribution is 5.72. The molecule has 0 radical (unpaired) electrons. The van der Waals surface area contributed by atoms with Gasteiger partial charge in [0.25, 0.3) is 0 Å². The van der Waals surface area contributed by atoms with Crippen molar-refractivity contribution in [3.8, 4) is 0 Å². The first-order valence-corrected chi connectivity index (χ1v) is 5.55. The topological polar surface area (TPSA) is 46.5 Å². The summed E-state index contributed by atoms with van der Waals surface area (Å²) < 4.78 is 4.72. The van der Waals surface area contributed by atoms with Gasteiger partial charge >= 0.3 is 5.97 Å². The number of aliphatic hydroxyl groups is 1. The van der Waals surface area contributed by atoms with E-state index in [1.807, 2.05) is 26.0 Å². The zero-order valence-electron chi connectivity index (χ0n) is 10.4. The number of carbonyl (C=O) groups is 1. The molecule has 0 aromatic carbocycles. The molecule has 0 aliphatic rings. The van der Waals surface area contributed by atoms with Crippen molar-refractivity contribution in [2.75, 3.05) is 13.7 Å². The summed E-state index contributed by atoms with van der Waals surface area (Å²) in [5.74, 6) is -0.308. The van der Waals surface area contributed by atoms with E-state index in [2.05, 4.69) is 6.58 Å². The van der Waals surface area contributed by atoms with Crippen molar-refractivity contribution >= 4 is 5.97 Å². The third-order valence-corrected chi connectivity index (χ3v) is 2.54. The molecule has 3 nitrogen and oxygen atoms in total. The Balaban J connectivity index is 4.51. The van der Waals surface area contributed by atoms with E-state index in [0.717, 1.165) is 12.0 Å². The summed E-state index contributed by atoms with van der Waals surface area (Å²) in [5.41, 5.74) is 0.950. The van der Waals surface area contributed by atoms with Gasteiger partial charge in [-0.1, -0.05) is 31.2 Å². The zero-order chi connectivity index (χ0) is 12.6. The van der Waals surface area contributed by atoms with Crippen LogP contribution in [0.15, 0.2) is 24.3 Å². The summed E-state index contributed by atoms with van der Waals surface area (Å²) in [6.45, 7) is 7.67. The van der Waals surface area contributed by atoms with E-state index < -0.39 is 0 Å². The predicted octanol–water partition coefficient (Wildman–Crippen LogP) is 2.32. The molecule has 16 heavy (non-hydrogen) atoms. The average Bonchev–Trinajstić information content (AvgIpc) is 2.27. The normalized spacial score (nSPS) is 14.8. The molecule has 0 fully saturated rings. The molecule has 2 atom stereocenters. The van der Waals surface area contributed by atoms with Gasteiger partial charge in [0.1, 0.15) is 0 Å². The lowest BCUT2D eigenvalue weighted by molar-refractivity contribution is -0.146. The van der Waals surface area contributed by atoms with E-state index >= 15 is 0 Å². The van der Waals surface area contributed by atoms with Gasteiger partial charge in [-0.05, 0) is 25.7 Å². The van der Waals surface area contributed by atoms with Crippen LogP contribution < -0.4 is 0 Å². The molecule has 0 bridgehead atoms. The van der Waals surface area contributed by atoms with Crippen LogP contribution in [0, 0.1) is 11.8 Å². The van der Waals surface area contributed by atoms with Gasteiger partial charge in [0.05, 0.1) is 13.0 Å². The van der Waals surface area contributed by atoms with Gasteiger partial charge in [-0.2, -0.15) is 0 Å². The van der Waals surface area contributed by atoms with Crippen LogP contribution in [-0.2, 0) is 9.53 Å². The lowest BCUT2D eigenvalue weighted by atomic mass is 9.89. The van der Waals surface area contributed by atoms with Crippen LogP contribution in [-0.4, -0.2) is 24.8 Å². The zero-order valence-corrected chi connectivity index (χ0v) is 10.4. The Morgan fingerprint density at radius 2 is 2.19 bits per heavy atom. The Hall–Kier alpha value is -1.09. The van der Waals surface area contributed by atoms with E-state index in [0.29, 0.717) is 6.42 Å². The van der Waals surface area contributed by atoms with E-state index in [1.54, 1.807) is 0 Å². The standard InChI is InChI=1S/C13H22O3/c1-10(2)7-8-12(6-5-9-14)11(3)13(15)16-4/h7-8,11-12,14H,1,5-6,9H2,2-4H3/b8-7+/t11-,12+/m0/s1. The minimum atomic E-state index is -0.214. The van der Waals surface area contributed by atoms with Crippen molar-refractivity contribution in [1.29, 1.82) is 0 Å². The molecule has 0 unspecified atom stereocenters. The van der Waals surface area contributed by atoms with E-state index in [1.165, 1.54) is 7.11 Å². The molecule has 92 valence electrons. The van der Waals surface area contributed by atoms with Crippen molar-refractivity contribution in [2.24, 2.45) is 11.8 Å². The largest absolute Gasteiger partial charge is 0.469 e. The second kappa shape index (κ2) is 8.11. The van der Waals surface area contributed by atoms with Crippen LogP contribution in [0.2, 0.25) is 0 Å². The number of allylic oxidation sites excluding steroid dienone is 3. The molecular formula is C13H22O3. The molecule has 0 amide bonds. The van der Waals surface area contributed by atoms with Crippen LogP contribution in [0.25, 0.3) is 0 Å². The van der Waals surface area contributed by atoms with Crippen molar-refractivity contribution in [1.82, 2.24) is 0 Å². The smallest absolute Gasteiger partial charge is 0.308 e. The van der Waals surface area contributed by atoms with Crippen molar-refractivity contribution in [2.45, 2.75) is 26.7 Å². The fraction of sp³-hybridized carbons (Fsp3) is 0.615. The van der Waals surface area contributed by atoms with Crippen molar-refractivity contribution in [3.05, 3.63) is 24.3 Å². The summed E-state index contributed by atoms with van der Waals surface area (Å²) in [5, 5.41) is 8.81. The number of hydrogen-bond donors (Lipinski definition) is 1. The lowest BCUT2D eigenvalue weighted by Crippen LogP contribution is -2.21. The van der Waals surface area contributed by atoms with Gasteiger partial charge in [0, 0.05) is 6.61 Å². The van der Waals surface area contributed by atoms with E-state index in [9.17, 15) is 4.79 Å². The van der Waals surface area contributed by atoms with E-state index in [-0.39, 0.29) is 24.4 Å².